The molecule has 1 saturated heterocycles. The molecule has 0 radical (unpaired) electrons. The van der Waals surface area contributed by atoms with Crippen LogP contribution in [0.15, 0.2) is 24.3 Å². The van der Waals surface area contributed by atoms with Crippen LogP contribution in [-0.4, -0.2) is 51.5 Å². The van der Waals surface area contributed by atoms with Gasteiger partial charge in [-0.25, -0.2) is 0 Å². The molecule has 1 fully saturated rings. The maximum atomic E-state index is 5.74. The molecule has 0 bridgehead atoms. The van der Waals surface area contributed by atoms with Crippen LogP contribution in [0.2, 0.25) is 0 Å². The molecule has 1 unspecified atom stereocenters. The number of hydrogen-bond acceptors (Lipinski definition) is 4. The van der Waals surface area contributed by atoms with Crippen LogP contribution < -0.4 is 9.47 Å². The minimum absolute atomic E-state index is 0.398. The Morgan fingerprint density at radius 1 is 1.20 bits per heavy atom. The number of ether oxygens (including phenoxy) is 3. The maximum absolute atomic E-state index is 5.74. The van der Waals surface area contributed by atoms with Crippen molar-refractivity contribution in [2.75, 3.05) is 40.5 Å². The molecule has 4 heteroatoms. The monoisotopic (exact) mass is 279 g/mol. The van der Waals surface area contributed by atoms with Crippen LogP contribution in [0.4, 0.5) is 0 Å². The summed E-state index contributed by atoms with van der Waals surface area (Å²) in [6.45, 7) is 3.51. The summed E-state index contributed by atoms with van der Waals surface area (Å²) in [5, 5.41) is 0. The fourth-order valence-electron chi connectivity index (χ4n) is 2.38. The molecular formula is C16H25NO3. The van der Waals surface area contributed by atoms with Crippen LogP contribution >= 0.6 is 0 Å². The quantitative estimate of drug-likeness (QED) is 0.767. The molecular weight excluding hydrogens is 254 g/mol. The lowest BCUT2D eigenvalue weighted by molar-refractivity contribution is -0.00282. The molecule has 0 saturated carbocycles. The van der Waals surface area contributed by atoms with Crippen LogP contribution in [0.3, 0.4) is 0 Å². The normalized spacial score (nSPS) is 19.1. The highest BCUT2D eigenvalue weighted by Crippen LogP contribution is 2.17. The Morgan fingerprint density at radius 2 is 1.95 bits per heavy atom. The number of benzene rings is 1. The van der Waals surface area contributed by atoms with Crippen molar-refractivity contribution < 1.29 is 14.2 Å². The third-order valence-electron chi connectivity index (χ3n) is 3.59. The smallest absolute Gasteiger partial charge is 0.119 e. The number of rotatable bonds is 7. The van der Waals surface area contributed by atoms with E-state index in [-0.39, 0.29) is 0 Å². The Morgan fingerprint density at radius 3 is 2.60 bits per heavy atom. The second-order valence-corrected chi connectivity index (χ2v) is 5.27. The summed E-state index contributed by atoms with van der Waals surface area (Å²) >= 11 is 0. The first-order valence-corrected chi connectivity index (χ1v) is 7.35. The van der Waals surface area contributed by atoms with Gasteiger partial charge in [0.15, 0.2) is 0 Å². The Bertz CT molecular complexity index is 374. The second-order valence-electron chi connectivity index (χ2n) is 5.27. The van der Waals surface area contributed by atoms with Crippen molar-refractivity contribution in [1.29, 1.82) is 0 Å². The third-order valence-corrected chi connectivity index (χ3v) is 3.59. The Hall–Kier alpha value is -1.26. The van der Waals surface area contributed by atoms with E-state index in [1.807, 2.05) is 24.3 Å². The van der Waals surface area contributed by atoms with Crippen molar-refractivity contribution >= 4 is 0 Å². The fraction of sp³-hybridized carbons (Fsp3) is 0.625. The van der Waals surface area contributed by atoms with E-state index in [0.717, 1.165) is 31.2 Å². The summed E-state index contributed by atoms with van der Waals surface area (Å²) in [7, 11) is 3.79. The average molecular weight is 279 g/mol. The lowest BCUT2D eigenvalue weighted by atomic mass is 10.1. The zero-order chi connectivity index (χ0) is 14.2. The predicted molar refractivity (Wildman–Crippen MR) is 79.6 cm³/mol. The molecule has 0 N–H and O–H groups in total. The molecule has 20 heavy (non-hydrogen) atoms. The summed E-state index contributed by atoms with van der Waals surface area (Å²) in [5.41, 5.74) is 0. The molecule has 2 rings (SSSR count). The predicted octanol–water partition coefficient (Wildman–Crippen LogP) is 2.57. The summed E-state index contributed by atoms with van der Waals surface area (Å²) in [4.78, 5) is 2.28. The highest BCUT2D eigenvalue weighted by Gasteiger charge is 2.15. The van der Waals surface area contributed by atoms with Crippen molar-refractivity contribution in [3.8, 4) is 11.5 Å². The van der Waals surface area contributed by atoms with Crippen LogP contribution in [0.25, 0.3) is 0 Å². The summed E-state index contributed by atoms with van der Waals surface area (Å²) in [5.74, 6) is 1.73. The Labute approximate surface area is 121 Å². The molecule has 1 heterocycles. The molecule has 0 amide bonds. The van der Waals surface area contributed by atoms with Crippen molar-refractivity contribution in [1.82, 2.24) is 4.90 Å². The van der Waals surface area contributed by atoms with E-state index in [4.69, 9.17) is 14.2 Å². The molecule has 1 aliphatic heterocycles. The SMILES string of the molecule is COc1ccc(OCCN(C)CC2CCCCO2)cc1. The standard InChI is InChI=1S/C16H25NO3/c1-17(13-16-5-3-4-11-19-16)10-12-20-15-8-6-14(18-2)7-9-15/h6-9,16H,3-5,10-13H2,1-2H3. The van der Waals surface area contributed by atoms with Crippen molar-refractivity contribution in [2.45, 2.75) is 25.4 Å². The van der Waals surface area contributed by atoms with Crippen LogP contribution in [0.5, 0.6) is 11.5 Å². The first-order valence-electron chi connectivity index (χ1n) is 7.35. The van der Waals surface area contributed by atoms with Gasteiger partial charge in [-0.2, -0.15) is 0 Å². The average Bonchev–Trinajstić information content (AvgIpc) is 2.49. The van der Waals surface area contributed by atoms with E-state index in [9.17, 15) is 0 Å². The maximum Gasteiger partial charge on any atom is 0.119 e. The van der Waals surface area contributed by atoms with Crippen LogP contribution in [-0.2, 0) is 4.74 Å². The lowest BCUT2D eigenvalue weighted by Gasteiger charge is -2.27. The van der Waals surface area contributed by atoms with E-state index in [1.54, 1.807) is 7.11 Å². The fourth-order valence-corrected chi connectivity index (χ4v) is 2.38. The molecule has 1 aromatic carbocycles. The number of methoxy groups -OCH3 is 1. The van der Waals surface area contributed by atoms with Gasteiger partial charge < -0.3 is 19.1 Å². The van der Waals surface area contributed by atoms with Crippen LogP contribution in [0, 0.1) is 0 Å². The topological polar surface area (TPSA) is 30.9 Å². The van der Waals surface area contributed by atoms with E-state index in [2.05, 4.69) is 11.9 Å². The molecule has 1 aliphatic rings. The molecule has 0 aliphatic carbocycles. The number of likely N-dealkylation sites (N-methyl/N-ethyl adjacent to an activating group) is 1. The summed E-state index contributed by atoms with van der Waals surface area (Å²) < 4.78 is 16.6. The van der Waals surface area contributed by atoms with Gasteiger partial charge in [-0.15, -0.1) is 0 Å². The van der Waals surface area contributed by atoms with E-state index in [0.29, 0.717) is 12.7 Å². The van der Waals surface area contributed by atoms with E-state index < -0.39 is 0 Å². The highest BCUT2D eigenvalue weighted by atomic mass is 16.5. The molecule has 0 aromatic heterocycles. The summed E-state index contributed by atoms with van der Waals surface area (Å²) in [6.07, 6.45) is 4.08. The van der Waals surface area contributed by atoms with Crippen LogP contribution in [0.1, 0.15) is 19.3 Å². The van der Waals surface area contributed by atoms with Gasteiger partial charge in [0.2, 0.25) is 0 Å². The van der Waals surface area contributed by atoms with Gasteiger partial charge in [0.05, 0.1) is 13.2 Å². The molecule has 0 spiro atoms. The second kappa shape index (κ2) is 8.12. The summed E-state index contributed by atoms with van der Waals surface area (Å²) in [6, 6.07) is 7.69. The van der Waals surface area contributed by atoms with Gasteiger partial charge in [0, 0.05) is 19.7 Å². The van der Waals surface area contributed by atoms with Gasteiger partial charge in [0.25, 0.3) is 0 Å². The largest absolute Gasteiger partial charge is 0.497 e. The molecule has 112 valence electrons. The van der Waals surface area contributed by atoms with Gasteiger partial charge in [0.1, 0.15) is 18.1 Å². The molecule has 1 atom stereocenters. The first kappa shape index (κ1) is 15.1. The first-order chi connectivity index (χ1) is 9.78. The van der Waals surface area contributed by atoms with E-state index >= 15 is 0 Å². The van der Waals surface area contributed by atoms with Gasteiger partial charge >= 0.3 is 0 Å². The zero-order valence-electron chi connectivity index (χ0n) is 12.5. The lowest BCUT2D eigenvalue weighted by Crippen LogP contribution is -2.35. The van der Waals surface area contributed by atoms with Gasteiger partial charge in [-0.05, 0) is 50.6 Å². The third kappa shape index (κ3) is 5.02. The van der Waals surface area contributed by atoms with Gasteiger partial charge in [-0.3, -0.25) is 0 Å². The van der Waals surface area contributed by atoms with Crippen molar-refractivity contribution in [3.63, 3.8) is 0 Å². The minimum Gasteiger partial charge on any atom is -0.497 e. The number of hydrogen-bond donors (Lipinski definition) is 0. The minimum atomic E-state index is 0.398. The number of nitrogens with zero attached hydrogens (tertiary/aromatic N) is 1. The highest BCUT2D eigenvalue weighted by molar-refractivity contribution is 5.31. The molecule has 1 aromatic rings. The van der Waals surface area contributed by atoms with Gasteiger partial charge in [-0.1, -0.05) is 0 Å². The zero-order valence-corrected chi connectivity index (χ0v) is 12.5. The van der Waals surface area contributed by atoms with Crippen molar-refractivity contribution in [3.05, 3.63) is 24.3 Å². The van der Waals surface area contributed by atoms with Crippen molar-refractivity contribution in [2.24, 2.45) is 0 Å². The molecule has 4 nitrogen and oxygen atoms in total. The Kier molecular flexibility index (Phi) is 6.15. The Balaban J connectivity index is 1.63. The van der Waals surface area contributed by atoms with E-state index in [1.165, 1.54) is 19.3 Å².